The summed E-state index contributed by atoms with van der Waals surface area (Å²) >= 11 is 0. The third-order valence-corrected chi connectivity index (χ3v) is 4.62. The summed E-state index contributed by atoms with van der Waals surface area (Å²) in [6.07, 6.45) is -0.800. The molecule has 1 fully saturated rings. The minimum atomic E-state index is -3.29. The maximum atomic E-state index is 13.8. The molecule has 0 saturated heterocycles. The van der Waals surface area contributed by atoms with Gasteiger partial charge in [0.25, 0.3) is 12.9 Å². The minimum absolute atomic E-state index is 0.179. The fourth-order valence-corrected chi connectivity index (χ4v) is 3.33. The Balaban J connectivity index is 2.10. The summed E-state index contributed by atoms with van der Waals surface area (Å²) in [4.78, 5) is 0. The average molecular weight is 395 g/mol. The Morgan fingerprint density at radius 3 is 2.32 bits per heavy atom. The maximum absolute atomic E-state index is 13.8. The molecule has 0 spiro atoms. The van der Waals surface area contributed by atoms with E-state index in [1.807, 2.05) is 0 Å². The molecule has 5 nitrogen and oxygen atoms in total. The topological polar surface area (TPSA) is 78.3 Å². The number of halogens is 4. The Hall–Kier alpha value is -2.86. The molecule has 28 heavy (non-hydrogen) atoms. The molecule has 0 unspecified atom stereocenters. The molecule has 1 aliphatic rings. The van der Waals surface area contributed by atoms with Crippen LogP contribution in [0.2, 0.25) is 0 Å². The van der Waals surface area contributed by atoms with Gasteiger partial charge in [0.2, 0.25) is 0 Å². The lowest BCUT2D eigenvalue weighted by Crippen LogP contribution is -2.48. The van der Waals surface area contributed by atoms with Crippen LogP contribution in [0.3, 0.4) is 0 Å². The van der Waals surface area contributed by atoms with Gasteiger partial charge in [-0.1, -0.05) is 5.92 Å². The third-order valence-electron chi connectivity index (χ3n) is 4.62. The van der Waals surface area contributed by atoms with Crippen molar-refractivity contribution in [3.63, 3.8) is 0 Å². The second-order valence-electron chi connectivity index (χ2n) is 6.95. The van der Waals surface area contributed by atoms with Gasteiger partial charge in [-0.15, -0.1) is 16.6 Å². The Bertz CT molecular complexity index is 934. The summed E-state index contributed by atoms with van der Waals surface area (Å²) in [6, 6.07) is 3.36. The van der Waals surface area contributed by atoms with Crippen molar-refractivity contribution >= 4 is 5.82 Å². The van der Waals surface area contributed by atoms with Crippen LogP contribution in [-0.4, -0.2) is 32.1 Å². The van der Waals surface area contributed by atoms with Gasteiger partial charge in [0.1, 0.15) is 11.4 Å². The largest absolute Gasteiger partial charge is 0.507 e. The van der Waals surface area contributed by atoms with Gasteiger partial charge in [-0.05, 0) is 38.0 Å². The van der Waals surface area contributed by atoms with Crippen molar-refractivity contribution in [1.82, 2.24) is 10.2 Å². The van der Waals surface area contributed by atoms with Crippen molar-refractivity contribution in [2.24, 2.45) is 0 Å². The number of hydrogen-bond donors (Lipinski definition) is 3. The fraction of sp³-hybridized carbons (Fsp3) is 0.368. The summed E-state index contributed by atoms with van der Waals surface area (Å²) in [5, 5.41) is 29.9. The second kappa shape index (κ2) is 7.28. The quantitative estimate of drug-likeness (QED) is 0.526. The number of phenolic OH excluding ortho intramolecular Hbond substituents is 1. The van der Waals surface area contributed by atoms with Gasteiger partial charge in [0.05, 0.1) is 16.7 Å². The first-order valence-electron chi connectivity index (χ1n) is 8.38. The van der Waals surface area contributed by atoms with E-state index in [2.05, 4.69) is 21.4 Å². The number of phenols is 1. The second-order valence-corrected chi connectivity index (χ2v) is 6.95. The zero-order valence-electron chi connectivity index (χ0n) is 14.8. The minimum Gasteiger partial charge on any atom is -0.507 e. The van der Waals surface area contributed by atoms with E-state index < -0.39 is 46.8 Å². The van der Waals surface area contributed by atoms with Crippen LogP contribution in [0.4, 0.5) is 23.4 Å². The van der Waals surface area contributed by atoms with E-state index in [0.717, 1.165) is 6.07 Å². The normalized spacial score (nSPS) is 21.5. The van der Waals surface area contributed by atoms with E-state index in [1.54, 1.807) is 6.92 Å². The summed E-state index contributed by atoms with van der Waals surface area (Å²) in [5.74, 6) is 1.34. The number of anilines is 1. The summed E-state index contributed by atoms with van der Waals surface area (Å²) in [6.45, 7) is 1.58. The fourth-order valence-electron chi connectivity index (χ4n) is 3.33. The van der Waals surface area contributed by atoms with Crippen molar-refractivity contribution in [2.45, 2.75) is 44.3 Å². The molecule has 148 valence electrons. The van der Waals surface area contributed by atoms with Gasteiger partial charge in [-0.25, -0.2) is 17.6 Å². The Morgan fingerprint density at radius 2 is 1.82 bits per heavy atom. The van der Waals surface area contributed by atoms with Gasteiger partial charge in [0.15, 0.2) is 5.82 Å². The standard InChI is InChI=1S/C19H17F4N3O2/c1-3-9-4-5-11(12(27)6-9)15-13(16(20)21)14(17(22)23)18(26-25-15)24-10-7-19(2,28)8-10/h1,4-6,10,16-17,27-28H,7-8H2,2H3,(H,24,26). The number of hydrogen-bond acceptors (Lipinski definition) is 5. The summed E-state index contributed by atoms with van der Waals surface area (Å²) in [7, 11) is 0. The lowest BCUT2D eigenvalue weighted by atomic mass is 9.77. The van der Waals surface area contributed by atoms with Crippen LogP contribution >= 0.6 is 0 Å². The molecular weight excluding hydrogens is 378 g/mol. The zero-order valence-corrected chi connectivity index (χ0v) is 14.8. The van der Waals surface area contributed by atoms with Crippen molar-refractivity contribution in [1.29, 1.82) is 0 Å². The SMILES string of the molecule is C#Cc1ccc(-c2nnc(NC3CC(C)(O)C3)c(C(F)F)c2C(F)F)c(O)c1. The van der Waals surface area contributed by atoms with Crippen molar-refractivity contribution in [2.75, 3.05) is 5.32 Å². The molecule has 9 heteroatoms. The molecule has 0 bridgehead atoms. The first-order valence-corrected chi connectivity index (χ1v) is 8.38. The molecule has 3 N–H and O–H groups in total. The highest BCUT2D eigenvalue weighted by Gasteiger charge is 2.40. The monoisotopic (exact) mass is 395 g/mol. The van der Waals surface area contributed by atoms with E-state index in [-0.39, 0.29) is 30.0 Å². The lowest BCUT2D eigenvalue weighted by molar-refractivity contribution is -0.0236. The first-order chi connectivity index (χ1) is 13.1. The van der Waals surface area contributed by atoms with Gasteiger partial charge in [-0.3, -0.25) is 0 Å². The average Bonchev–Trinajstić information content (AvgIpc) is 2.59. The van der Waals surface area contributed by atoms with Gasteiger partial charge >= 0.3 is 0 Å². The van der Waals surface area contributed by atoms with Gasteiger partial charge < -0.3 is 15.5 Å². The van der Waals surface area contributed by atoms with Gasteiger partial charge in [0, 0.05) is 17.2 Å². The Labute approximate surface area is 158 Å². The number of alkyl halides is 4. The number of nitrogens with one attached hydrogen (secondary N) is 1. The number of aromatic hydroxyl groups is 1. The van der Waals surface area contributed by atoms with Crippen LogP contribution in [0.25, 0.3) is 11.3 Å². The summed E-state index contributed by atoms with van der Waals surface area (Å²) in [5.41, 5.74) is -3.36. The number of terminal acetylenes is 1. The van der Waals surface area contributed by atoms with Crippen molar-refractivity contribution in [3.8, 4) is 29.4 Å². The molecule has 0 radical (unpaired) electrons. The van der Waals surface area contributed by atoms with Crippen LogP contribution in [0.5, 0.6) is 5.75 Å². The van der Waals surface area contributed by atoms with E-state index in [4.69, 9.17) is 6.42 Å². The number of aliphatic hydroxyl groups is 1. The van der Waals surface area contributed by atoms with Gasteiger partial charge in [-0.2, -0.15) is 0 Å². The number of nitrogens with zero attached hydrogens (tertiary/aromatic N) is 2. The highest BCUT2D eigenvalue weighted by molar-refractivity contribution is 5.73. The van der Waals surface area contributed by atoms with E-state index in [9.17, 15) is 27.8 Å². The molecule has 1 aromatic carbocycles. The van der Waals surface area contributed by atoms with E-state index in [0.29, 0.717) is 0 Å². The highest BCUT2D eigenvalue weighted by Crippen LogP contribution is 2.43. The molecular formula is C19H17F4N3O2. The van der Waals surface area contributed by atoms with E-state index >= 15 is 0 Å². The number of aromatic nitrogens is 2. The predicted molar refractivity (Wildman–Crippen MR) is 94.3 cm³/mol. The molecule has 0 aliphatic heterocycles. The molecule has 1 heterocycles. The van der Waals surface area contributed by atoms with Crippen LogP contribution in [0.15, 0.2) is 18.2 Å². The van der Waals surface area contributed by atoms with Crippen molar-refractivity contribution in [3.05, 3.63) is 34.9 Å². The molecule has 1 aliphatic carbocycles. The number of benzene rings is 1. The predicted octanol–water partition coefficient (Wildman–Crippen LogP) is 4.03. The molecule has 0 amide bonds. The highest BCUT2D eigenvalue weighted by atomic mass is 19.3. The van der Waals surface area contributed by atoms with E-state index in [1.165, 1.54) is 12.1 Å². The van der Waals surface area contributed by atoms with Crippen molar-refractivity contribution < 1.29 is 27.8 Å². The lowest BCUT2D eigenvalue weighted by Gasteiger charge is -2.41. The third kappa shape index (κ3) is 3.73. The van der Waals surface area contributed by atoms with Crippen LogP contribution in [0, 0.1) is 12.3 Å². The number of rotatable bonds is 5. The smallest absolute Gasteiger partial charge is 0.268 e. The molecule has 0 atom stereocenters. The van der Waals surface area contributed by atoms with Crippen LogP contribution in [0.1, 0.15) is 49.3 Å². The molecule has 2 aromatic rings. The Morgan fingerprint density at radius 1 is 1.18 bits per heavy atom. The first kappa shape index (κ1) is 19.9. The summed E-state index contributed by atoms with van der Waals surface area (Å²) < 4.78 is 54.9. The van der Waals surface area contributed by atoms with Crippen LogP contribution < -0.4 is 5.32 Å². The molecule has 1 aromatic heterocycles. The van der Waals surface area contributed by atoms with Crippen LogP contribution in [-0.2, 0) is 0 Å². The molecule has 3 rings (SSSR count). The molecule has 1 saturated carbocycles. The Kier molecular flexibility index (Phi) is 5.17. The maximum Gasteiger partial charge on any atom is 0.268 e. The zero-order chi connectivity index (χ0) is 20.6.